The average molecular weight is 267 g/mol. The van der Waals surface area contributed by atoms with Crippen molar-refractivity contribution >= 4 is 0 Å². The average Bonchev–Trinajstić information content (AvgIpc) is 2.39. The van der Waals surface area contributed by atoms with E-state index in [-0.39, 0.29) is 6.04 Å². The lowest BCUT2D eigenvalue weighted by Gasteiger charge is -2.37. The molecule has 3 heteroatoms. The molecule has 0 bridgehead atoms. The summed E-state index contributed by atoms with van der Waals surface area (Å²) < 4.78 is 26.8. The van der Waals surface area contributed by atoms with Gasteiger partial charge in [-0.1, -0.05) is 32.6 Å². The largest absolute Gasteiger partial charge is 0.313 e. The van der Waals surface area contributed by atoms with Crippen molar-refractivity contribution in [1.82, 2.24) is 5.32 Å². The van der Waals surface area contributed by atoms with E-state index in [4.69, 9.17) is 0 Å². The Labute approximate surface area is 114 Å². The van der Waals surface area contributed by atoms with E-state index in [2.05, 4.69) is 12.2 Å². The van der Waals surface area contributed by atoms with Gasteiger partial charge in [0.15, 0.2) is 0 Å². The molecule has 0 amide bonds. The Hall–Kier alpha value is -0.960. The summed E-state index contributed by atoms with van der Waals surface area (Å²) in [5.74, 6) is 0.153. The van der Waals surface area contributed by atoms with Crippen molar-refractivity contribution in [1.29, 1.82) is 0 Å². The van der Waals surface area contributed by atoms with Crippen LogP contribution in [0.3, 0.4) is 0 Å². The van der Waals surface area contributed by atoms with Crippen LogP contribution in [0.1, 0.15) is 50.6 Å². The second-order valence-corrected chi connectivity index (χ2v) is 5.59. The number of nitrogens with one attached hydrogen (secondary N) is 1. The molecule has 0 aromatic heterocycles. The standard InChI is InChI=1S/C16H23F2N/c1-3-11-6-4-5-7-15(11)16(19-2)12-8-13(17)10-14(18)9-12/h8-11,15-16,19H,3-7H2,1-2H3. The van der Waals surface area contributed by atoms with Crippen molar-refractivity contribution in [3.8, 4) is 0 Å². The van der Waals surface area contributed by atoms with Crippen LogP contribution >= 0.6 is 0 Å². The van der Waals surface area contributed by atoms with Crippen molar-refractivity contribution in [3.63, 3.8) is 0 Å². The van der Waals surface area contributed by atoms with Crippen LogP contribution in [0.5, 0.6) is 0 Å². The van der Waals surface area contributed by atoms with Gasteiger partial charge in [-0.05, 0) is 43.0 Å². The van der Waals surface area contributed by atoms with Crippen molar-refractivity contribution in [3.05, 3.63) is 35.4 Å². The van der Waals surface area contributed by atoms with Crippen molar-refractivity contribution in [2.24, 2.45) is 11.8 Å². The fourth-order valence-corrected chi connectivity index (χ4v) is 3.56. The van der Waals surface area contributed by atoms with Crippen LogP contribution in [0.15, 0.2) is 18.2 Å². The Kier molecular flexibility index (Phi) is 4.92. The fourth-order valence-electron chi connectivity index (χ4n) is 3.56. The first kappa shape index (κ1) is 14.4. The zero-order chi connectivity index (χ0) is 13.8. The van der Waals surface area contributed by atoms with Gasteiger partial charge in [-0.2, -0.15) is 0 Å². The summed E-state index contributed by atoms with van der Waals surface area (Å²) in [5.41, 5.74) is 0.741. The summed E-state index contributed by atoms with van der Waals surface area (Å²) in [6.07, 6.45) is 6.01. The Balaban J connectivity index is 2.27. The van der Waals surface area contributed by atoms with Gasteiger partial charge >= 0.3 is 0 Å². The fraction of sp³-hybridized carbons (Fsp3) is 0.625. The third-order valence-electron chi connectivity index (χ3n) is 4.48. The lowest BCUT2D eigenvalue weighted by molar-refractivity contribution is 0.180. The predicted molar refractivity (Wildman–Crippen MR) is 73.9 cm³/mol. The molecule has 1 aliphatic rings. The first-order valence-corrected chi connectivity index (χ1v) is 7.29. The van der Waals surface area contributed by atoms with Gasteiger partial charge < -0.3 is 5.32 Å². The molecule has 1 saturated carbocycles. The Morgan fingerprint density at radius 1 is 1.16 bits per heavy atom. The summed E-state index contributed by atoms with van der Waals surface area (Å²) >= 11 is 0. The SMILES string of the molecule is CCC1CCCCC1C(NC)c1cc(F)cc(F)c1. The minimum atomic E-state index is -0.487. The second-order valence-electron chi connectivity index (χ2n) is 5.59. The van der Waals surface area contributed by atoms with Crippen LogP contribution < -0.4 is 5.32 Å². The molecule has 0 heterocycles. The molecule has 2 rings (SSSR count). The molecule has 0 spiro atoms. The number of hydrogen-bond donors (Lipinski definition) is 1. The van der Waals surface area contributed by atoms with Gasteiger partial charge in [0.05, 0.1) is 0 Å². The van der Waals surface area contributed by atoms with Gasteiger partial charge in [0.25, 0.3) is 0 Å². The number of benzene rings is 1. The molecule has 1 aromatic carbocycles. The van der Waals surface area contributed by atoms with Gasteiger partial charge in [-0.25, -0.2) is 8.78 Å². The molecule has 106 valence electrons. The maximum absolute atomic E-state index is 13.4. The van der Waals surface area contributed by atoms with Crippen LogP contribution in [-0.2, 0) is 0 Å². The molecule has 19 heavy (non-hydrogen) atoms. The van der Waals surface area contributed by atoms with Gasteiger partial charge in [0.1, 0.15) is 11.6 Å². The molecule has 0 saturated heterocycles. The molecule has 1 N–H and O–H groups in total. The van der Waals surface area contributed by atoms with Gasteiger partial charge in [0, 0.05) is 12.1 Å². The van der Waals surface area contributed by atoms with Crippen molar-refractivity contribution in [2.75, 3.05) is 7.05 Å². The van der Waals surface area contributed by atoms with Crippen molar-refractivity contribution in [2.45, 2.75) is 45.1 Å². The predicted octanol–water partition coefficient (Wildman–Crippen LogP) is 4.44. The van der Waals surface area contributed by atoms with E-state index < -0.39 is 11.6 Å². The molecular weight excluding hydrogens is 244 g/mol. The molecule has 1 aliphatic carbocycles. The van der Waals surface area contributed by atoms with E-state index in [1.165, 1.54) is 31.4 Å². The molecular formula is C16H23F2N. The molecule has 3 unspecified atom stereocenters. The smallest absolute Gasteiger partial charge is 0.126 e. The summed E-state index contributed by atoms with van der Waals surface area (Å²) in [6.45, 7) is 2.21. The lowest BCUT2D eigenvalue weighted by atomic mass is 9.72. The highest BCUT2D eigenvalue weighted by Gasteiger charge is 2.31. The summed E-state index contributed by atoms with van der Waals surface area (Å²) in [6, 6.07) is 3.92. The van der Waals surface area contributed by atoms with Crippen molar-refractivity contribution < 1.29 is 8.78 Å². The van der Waals surface area contributed by atoms with E-state index in [1.807, 2.05) is 7.05 Å². The van der Waals surface area contributed by atoms with E-state index in [0.717, 1.165) is 24.5 Å². The summed E-state index contributed by atoms with van der Waals surface area (Å²) in [7, 11) is 1.88. The first-order valence-electron chi connectivity index (χ1n) is 7.29. The van der Waals surface area contributed by atoms with Gasteiger partial charge in [-0.15, -0.1) is 0 Å². The highest BCUT2D eigenvalue weighted by atomic mass is 19.1. The summed E-state index contributed by atoms with van der Waals surface area (Å²) in [4.78, 5) is 0. The molecule has 0 aliphatic heterocycles. The zero-order valence-electron chi connectivity index (χ0n) is 11.8. The molecule has 1 nitrogen and oxygen atoms in total. The summed E-state index contributed by atoms with van der Waals surface area (Å²) in [5, 5.41) is 3.27. The minimum absolute atomic E-state index is 0.0513. The van der Waals surface area contributed by atoms with E-state index in [0.29, 0.717) is 11.8 Å². The normalized spacial score (nSPS) is 25.3. The Morgan fingerprint density at radius 3 is 2.37 bits per heavy atom. The first-order chi connectivity index (χ1) is 9.15. The van der Waals surface area contributed by atoms with E-state index in [9.17, 15) is 8.78 Å². The second kappa shape index (κ2) is 6.47. The maximum atomic E-state index is 13.4. The third-order valence-corrected chi connectivity index (χ3v) is 4.48. The third kappa shape index (κ3) is 3.33. The maximum Gasteiger partial charge on any atom is 0.126 e. The Bertz CT molecular complexity index is 399. The monoisotopic (exact) mass is 267 g/mol. The van der Waals surface area contributed by atoms with Gasteiger partial charge in [-0.3, -0.25) is 0 Å². The minimum Gasteiger partial charge on any atom is -0.313 e. The van der Waals surface area contributed by atoms with Gasteiger partial charge in [0.2, 0.25) is 0 Å². The molecule has 3 atom stereocenters. The topological polar surface area (TPSA) is 12.0 Å². The van der Waals surface area contributed by atoms with Crippen LogP contribution in [0.25, 0.3) is 0 Å². The van der Waals surface area contributed by atoms with E-state index in [1.54, 1.807) is 0 Å². The Morgan fingerprint density at radius 2 is 1.79 bits per heavy atom. The zero-order valence-corrected chi connectivity index (χ0v) is 11.8. The quantitative estimate of drug-likeness (QED) is 0.850. The van der Waals surface area contributed by atoms with Crippen LogP contribution in [0, 0.1) is 23.5 Å². The van der Waals surface area contributed by atoms with E-state index >= 15 is 0 Å². The molecule has 1 aromatic rings. The molecule has 0 radical (unpaired) electrons. The van der Waals surface area contributed by atoms with Crippen LogP contribution in [-0.4, -0.2) is 7.05 Å². The van der Waals surface area contributed by atoms with Crippen LogP contribution in [0.2, 0.25) is 0 Å². The lowest BCUT2D eigenvalue weighted by Crippen LogP contribution is -2.32. The van der Waals surface area contributed by atoms with Crippen LogP contribution in [0.4, 0.5) is 8.78 Å². The highest BCUT2D eigenvalue weighted by molar-refractivity contribution is 5.22. The number of halogens is 2. The molecule has 1 fully saturated rings. The highest BCUT2D eigenvalue weighted by Crippen LogP contribution is 2.40. The number of rotatable bonds is 4. The number of hydrogen-bond acceptors (Lipinski definition) is 1.